The van der Waals surface area contributed by atoms with E-state index in [4.69, 9.17) is 5.11 Å². The summed E-state index contributed by atoms with van der Waals surface area (Å²) in [5.41, 5.74) is 1.37. The van der Waals surface area contributed by atoms with E-state index in [0.29, 0.717) is 11.2 Å². The number of carboxylic acids is 1. The van der Waals surface area contributed by atoms with E-state index in [1.165, 1.54) is 18.7 Å². The Hall–Kier alpha value is -2.08. The van der Waals surface area contributed by atoms with Gasteiger partial charge in [0.25, 0.3) is 0 Å². The van der Waals surface area contributed by atoms with Crippen LogP contribution in [-0.4, -0.2) is 27.7 Å². The number of hydrogen-bond acceptors (Lipinski definition) is 4. The first-order valence-corrected chi connectivity index (χ1v) is 6.56. The molecule has 1 heterocycles. The van der Waals surface area contributed by atoms with Crippen LogP contribution >= 0.6 is 11.8 Å². The minimum Gasteiger partial charge on any atom is -0.481 e. The van der Waals surface area contributed by atoms with Gasteiger partial charge in [-0.25, -0.2) is 0 Å². The number of aliphatic carboxylic acids is 1. The standard InChI is InChI=1S/C13H12N2O3S/c1-8(16)15-10-4-5-11(19-7-12(17)18)13-9(10)3-2-6-14-13/h2-6H,7H2,1H3,(H,15,16)(H,17,18). The summed E-state index contributed by atoms with van der Waals surface area (Å²) < 4.78 is 0. The van der Waals surface area contributed by atoms with Gasteiger partial charge in [0, 0.05) is 23.4 Å². The summed E-state index contributed by atoms with van der Waals surface area (Å²) in [5, 5.41) is 12.3. The third kappa shape index (κ3) is 3.23. The predicted molar refractivity (Wildman–Crippen MR) is 74.4 cm³/mol. The van der Waals surface area contributed by atoms with Gasteiger partial charge in [-0.15, -0.1) is 11.8 Å². The number of benzene rings is 1. The van der Waals surface area contributed by atoms with Gasteiger partial charge < -0.3 is 10.4 Å². The van der Waals surface area contributed by atoms with E-state index < -0.39 is 5.97 Å². The van der Waals surface area contributed by atoms with Crippen molar-refractivity contribution < 1.29 is 14.7 Å². The van der Waals surface area contributed by atoms with E-state index in [1.54, 1.807) is 24.4 Å². The summed E-state index contributed by atoms with van der Waals surface area (Å²) in [6, 6.07) is 7.15. The second-order valence-corrected chi connectivity index (χ2v) is 4.89. The third-order valence-electron chi connectivity index (χ3n) is 2.39. The first kappa shape index (κ1) is 13.4. The lowest BCUT2D eigenvalue weighted by Gasteiger charge is -2.09. The molecule has 1 amide bonds. The van der Waals surface area contributed by atoms with Crippen molar-refractivity contribution in [1.29, 1.82) is 0 Å². The normalized spacial score (nSPS) is 10.4. The molecule has 0 bridgehead atoms. The topological polar surface area (TPSA) is 79.3 Å². The molecule has 0 aliphatic heterocycles. The van der Waals surface area contributed by atoms with E-state index in [-0.39, 0.29) is 11.7 Å². The first-order valence-electron chi connectivity index (χ1n) is 5.58. The van der Waals surface area contributed by atoms with Crippen LogP contribution in [0.25, 0.3) is 10.9 Å². The maximum Gasteiger partial charge on any atom is 0.313 e. The maximum absolute atomic E-state index is 11.1. The van der Waals surface area contributed by atoms with Gasteiger partial charge in [-0.05, 0) is 24.3 Å². The number of nitrogens with one attached hydrogen (secondary N) is 1. The van der Waals surface area contributed by atoms with Crippen molar-refractivity contribution in [1.82, 2.24) is 4.98 Å². The number of carboxylic acid groups (broad SMARTS) is 1. The molecule has 0 saturated carbocycles. The number of aromatic nitrogens is 1. The van der Waals surface area contributed by atoms with Gasteiger partial charge in [0.05, 0.1) is 17.0 Å². The Morgan fingerprint density at radius 3 is 2.84 bits per heavy atom. The summed E-state index contributed by atoms with van der Waals surface area (Å²) in [4.78, 5) is 26.8. The Morgan fingerprint density at radius 1 is 1.37 bits per heavy atom. The molecule has 5 nitrogen and oxygen atoms in total. The molecule has 1 aromatic carbocycles. The Labute approximate surface area is 114 Å². The minimum atomic E-state index is -0.875. The third-order valence-corrected chi connectivity index (χ3v) is 3.43. The second-order valence-electron chi connectivity index (χ2n) is 3.87. The SMILES string of the molecule is CC(=O)Nc1ccc(SCC(=O)O)c2ncccc12. The van der Waals surface area contributed by atoms with Crippen molar-refractivity contribution in [3.05, 3.63) is 30.5 Å². The van der Waals surface area contributed by atoms with Gasteiger partial charge in [0.2, 0.25) is 5.91 Å². The Morgan fingerprint density at radius 2 is 2.16 bits per heavy atom. The molecule has 2 aromatic rings. The van der Waals surface area contributed by atoms with Gasteiger partial charge in [0.1, 0.15) is 0 Å². The summed E-state index contributed by atoms with van der Waals surface area (Å²) in [7, 11) is 0. The van der Waals surface area contributed by atoms with E-state index in [9.17, 15) is 9.59 Å². The molecule has 1 aromatic heterocycles. The number of thioether (sulfide) groups is 1. The summed E-state index contributed by atoms with van der Waals surface area (Å²) >= 11 is 1.21. The predicted octanol–water partition coefficient (Wildman–Crippen LogP) is 2.37. The number of amides is 1. The number of hydrogen-bond donors (Lipinski definition) is 2. The maximum atomic E-state index is 11.1. The van der Waals surface area contributed by atoms with Crippen molar-refractivity contribution >= 4 is 40.2 Å². The molecule has 0 spiro atoms. The molecule has 2 N–H and O–H groups in total. The molecular weight excluding hydrogens is 264 g/mol. The van der Waals surface area contributed by atoms with Gasteiger partial charge in [0.15, 0.2) is 0 Å². The molecule has 0 atom stereocenters. The summed E-state index contributed by atoms with van der Waals surface area (Å²) in [6.45, 7) is 1.44. The summed E-state index contributed by atoms with van der Waals surface area (Å²) in [5.74, 6) is -1.05. The highest BCUT2D eigenvalue weighted by Crippen LogP contribution is 2.31. The number of nitrogens with zero attached hydrogens (tertiary/aromatic N) is 1. The van der Waals surface area contributed by atoms with Crippen LogP contribution < -0.4 is 5.32 Å². The molecule has 0 aliphatic rings. The van der Waals surface area contributed by atoms with Crippen LogP contribution in [0, 0.1) is 0 Å². The number of anilines is 1. The van der Waals surface area contributed by atoms with E-state index in [0.717, 1.165) is 10.3 Å². The fourth-order valence-corrected chi connectivity index (χ4v) is 2.44. The number of carbonyl (C=O) groups excluding carboxylic acids is 1. The van der Waals surface area contributed by atoms with E-state index in [2.05, 4.69) is 10.3 Å². The van der Waals surface area contributed by atoms with Crippen molar-refractivity contribution in [2.24, 2.45) is 0 Å². The molecule has 0 radical (unpaired) electrons. The number of fused-ring (bicyclic) bond motifs is 1. The van der Waals surface area contributed by atoms with Crippen LogP contribution in [0.2, 0.25) is 0 Å². The average molecular weight is 276 g/mol. The number of carbonyl (C=O) groups is 2. The van der Waals surface area contributed by atoms with Crippen LogP contribution in [-0.2, 0) is 9.59 Å². The lowest BCUT2D eigenvalue weighted by Crippen LogP contribution is -2.06. The Bertz CT molecular complexity index is 643. The highest BCUT2D eigenvalue weighted by molar-refractivity contribution is 8.00. The van der Waals surface area contributed by atoms with Crippen molar-refractivity contribution in [3.63, 3.8) is 0 Å². The number of rotatable bonds is 4. The molecule has 0 unspecified atom stereocenters. The fraction of sp³-hybridized carbons (Fsp3) is 0.154. The molecule has 0 fully saturated rings. The molecule has 98 valence electrons. The van der Waals surface area contributed by atoms with Crippen LogP contribution in [0.1, 0.15) is 6.92 Å². The molecule has 6 heteroatoms. The van der Waals surface area contributed by atoms with Gasteiger partial charge in [-0.1, -0.05) is 0 Å². The first-order chi connectivity index (χ1) is 9.08. The Kier molecular flexibility index (Phi) is 4.01. The zero-order chi connectivity index (χ0) is 13.8. The molecule has 2 rings (SSSR count). The quantitative estimate of drug-likeness (QED) is 0.838. The average Bonchev–Trinajstić information content (AvgIpc) is 2.37. The molecule has 19 heavy (non-hydrogen) atoms. The zero-order valence-electron chi connectivity index (χ0n) is 10.2. The largest absolute Gasteiger partial charge is 0.481 e. The van der Waals surface area contributed by atoms with Gasteiger partial charge in [-0.3, -0.25) is 14.6 Å². The highest BCUT2D eigenvalue weighted by atomic mass is 32.2. The zero-order valence-corrected chi connectivity index (χ0v) is 11.0. The lowest BCUT2D eigenvalue weighted by molar-refractivity contribution is -0.133. The van der Waals surface area contributed by atoms with Crippen LogP contribution in [0.4, 0.5) is 5.69 Å². The molecule has 0 saturated heterocycles. The monoisotopic (exact) mass is 276 g/mol. The minimum absolute atomic E-state index is 0.0227. The van der Waals surface area contributed by atoms with Crippen LogP contribution in [0.15, 0.2) is 35.4 Å². The highest BCUT2D eigenvalue weighted by Gasteiger charge is 2.09. The second kappa shape index (κ2) is 5.71. The smallest absolute Gasteiger partial charge is 0.313 e. The number of pyridine rings is 1. The Balaban J connectivity index is 2.45. The van der Waals surface area contributed by atoms with Gasteiger partial charge >= 0.3 is 5.97 Å². The van der Waals surface area contributed by atoms with E-state index in [1.807, 2.05) is 6.07 Å². The van der Waals surface area contributed by atoms with Crippen molar-refractivity contribution in [3.8, 4) is 0 Å². The van der Waals surface area contributed by atoms with Crippen LogP contribution in [0.5, 0.6) is 0 Å². The van der Waals surface area contributed by atoms with Gasteiger partial charge in [-0.2, -0.15) is 0 Å². The van der Waals surface area contributed by atoms with Crippen LogP contribution in [0.3, 0.4) is 0 Å². The van der Waals surface area contributed by atoms with E-state index >= 15 is 0 Å². The fourth-order valence-electron chi connectivity index (χ4n) is 1.70. The molecule has 0 aliphatic carbocycles. The van der Waals surface area contributed by atoms with Crippen molar-refractivity contribution in [2.45, 2.75) is 11.8 Å². The summed E-state index contributed by atoms with van der Waals surface area (Å²) in [6.07, 6.45) is 1.64. The molecular formula is C13H12N2O3S. The van der Waals surface area contributed by atoms with Crippen molar-refractivity contribution in [2.75, 3.05) is 11.1 Å². The lowest BCUT2D eigenvalue weighted by atomic mass is 10.2.